The zero-order valence-corrected chi connectivity index (χ0v) is 17.3. The Morgan fingerprint density at radius 2 is 1.86 bits per heavy atom. The Kier molecular flexibility index (Phi) is 5.69. The number of nitrogens with zero attached hydrogens (tertiary/aromatic N) is 3. The average Bonchev–Trinajstić information content (AvgIpc) is 3.09. The molecule has 0 radical (unpaired) electrons. The van der Waals surface area contributed by atoms with Gasteiger partial charge in [0.15, 0.2) is 5.78 Å². The summed E-state index contributed by atoms with van der Waals surface area (Å²) >= 11 is 6.00. The molecule has 0 unspecified atom stereocenters. The van der Waals surface area contributed by atoms with Crippen LogP contribution in [0, 0.1) is 0 Å². The van der Waals surface area contributed by atoms with Gasteiger partial charge in [-0.2, -0.15) is 4.31 Å². The molecule has 0 amide bonds. The van der Waals surface area contributed by atoms with E-state index in [4.69, 9.17) is 11.6 Å². The van der Waals surface area contributed by atoms with Crippen molar-refractivity contribution < 1.29 is 13.2 Å². The number of hydrogen-bond donors (Lipinski definition) is 0. The third-order valence-electron chi connectivity index (χ3n) is 4.57. The number of carbonyl (C=O) groups is 1. The van der Waals surface area contributed by atoms with Gasteiger partial charge in [-0.1, -0.05) is 35.9 Å². The van der Waals surface area contributed by atoms with E-state index in [0.29, 0.717) is 16.4 Å². The van der Waals surface area contributed by atoms with Gasteiger partial charge in [0, 0.05) is 37.1 Å². The number of halogens is 1. The van der Waals surface area contributed by atoms with E-state index in [0.717, 1.165) is 5.56 Å². The van der Waals surface area contributed by atoms with Crippen LogP contribution in [0.25, 0.3) is 0 Å². The third-order valence-corrected chi connectivity index (χ3v) is 6.64. The quantitative estimate of drug-likeness (QED) is 0.573. The molecule has 28 heavy (non-hydrogen) atoms. The van der Waals surface area contributed by atoms with Crippen LogP contribution in [0.2, 0.25) is 5.02 Å². The molecule has 2 aromatic carbocycles. The molecule has 0 N–H and O–H groups in total. The van der Waals surface area contributed by atoms with Crippen LogP contribution in [0.3, 0.4) is 0 Å². The van der Waals surface area contributed by atoms with E-state index in [1.165, 1.54) is 30.4 Å². The normalized spacial score (nSPS) is 12.9. The molecule has 0 aliphatic carbocycles. The summed E-state index contributed by atoms with van der Waals surface area (Å²) in [5.41, 5.74) is 1.07. The molecule has 3 rings (SSSR count). The van der Waals surface area contributed by atoms with E-state index >= 15 is 0 Å². The Morgan fingerprint density at radius 3 is 2.43 bits per heavy atom. The van der Waals surface area contributed by atoms with Crippen LogP contribution in [-0.4, -0.2) is 35.1 Å². The maximum atomic E-state index is 13.3. The number of benzene rings is 2. The number of rotatable bonds is 6. The van der Waals surface area contributed by atoms with E-state index in [1.807, 2.05) is 7.05 Å². The Balaban J connectivity index is 2.12. The lowest BCUT2D eigenvalue weighted by molar-refractivity contribution is 0.101. The standard InChI is InChI=1S/C20H20ClN3O3S/c1-14(25)16-5-4-6-18(13-16)28(26,27)24(3)19(20-22-11-12-23(20)2)15-7-9-17(21)10-8-15/h4-13,19H,1-3H3/t19-/m0/s1. The molecule has 1 atom stereocenters. The Labute approximate surface area is 169 Å². The highest BCUT2D eigenvalue weighted by Gasteiger charge is 2.33. The van der Waals surface area contributed by atoms with Crippen molar-refractivity contribution >= 4 is 27.4 Å². The zero-order valence-electron chi connectivity index (χ0n) is 15.7. The molecule has 0 saturated carbocycles. The molecular formula is C20H20ClN3O3S. The van der Waals surface area contributed by atoms with Gasteiger partial charge in [-0.05, 0) is 36.8 Å². The summed E-state index contributed by atoms with van der Waals surface area (Å²) in [5.74, 6) is 0.370. The maximum absolute atomic E-state index is 13.3. The number of hydrogen-bond acceptors (Lipinski definition) is 4. The SMILES string of the molecule is CC(=O)c1cccc(S(=O)(=O)N(C)[C@@H](c2ccc(Cl)cc2)c2nccn2C)c1. The Hall–Kier alpha value is -2.48. The van der Waals surface area contributed by atoms with Gasteiger partial charge < -0.3 is 4.57 Å². The summed E-state index contributed by atoms with van der Waals surface area (Å²) in [6.07, 6.45) is 3.38. The van der Waals surface area contributed by atoms with Crippen molar-refractivity contribution in [1.82, 2.24) is 13.9 Å². The number of carbonyl (C=O) groups excluding carboxylic acids is 1. The summed E-state index contributed by atoms with van der Waals surface area (Å²) in [6, 6.07) is 12.4. The molecule has 0 fully saturated rings. The fourth-order valence-electron chi connectivity index (χ4n) is 2.99. The minimum atomic E-state index is -3.90. The summed E-state index contributed by atoms with van der Waals surface area (Å²) in [4.78, 5) is 16.1. The van der Waals surface area contributed by atoms with Gasteiger partial charge in [0.25, 0.3) is 0 Å². The van der Waals surface area contributed by atoms with Gasteiger partial charge >= 0.3 is 0 Å². The molecule has 0 aliphatic heterocycles. The summed E-state index contributed by atoms with van der Waals surface area (Å²) < 4.78 is 29.7. The topological polar surface area (TPSA) is 72.3 Å². The molecule has 6 nitrogen and oxygen atoms in total. The van der Waals surface area contributed by atoms with Crippen LogP contribution in [-0.2, 0) is 17.1 Å². The third kappa shape index (κ3) is 3.87. The van der Waals surface area contributed by atoms with Crippen molar-refractivity contribution in [2.45, 2.75) is 17.9 Å². The van der Waals surface area contributed by atoms with E-state index in [9.17, 15) is 13.2 Å². The fourth-order valence-corrected chi connectivity index (χ4v) is 4.47. The van der Waals surface area contributed by atoms with E-state index < -0.39 is 16.1 Å². The smallest absolute Gasteiger partial charge is 0.243 e. The molecule has 0 saturated heterocycles. The molecule has 8 heteroatoms. The fraction of sp³-hybridized carbons (Fsp3) is 0.200. The van der Waals surface area contributed by atoms with E-state index in [-0.39, 0.29) is 10.7 Å². The van der Waals surface area contributed by atoms with Crippen LogP contribution < -0.4 is 0 Å². The largest absolute Gasteiger partial charge is 0.336 e. The van der Waals surface area contributed by atoms with Crippen molar-refractivity contribution in [2.24, 2.45) is 7.05 Å². The lowest BCUT2D eigenvalue weighted by Gasteiger charge is -2.27. The molecule has 0 aliphatic rings. The number of aryl methyl sites for hydroxylation is 1. The van der Waals surface area contributed by atoms with Crippen LogP contribution in [0.15, 0.2) is 65.8 Å². The molecular weight excluding hydrogens is 398 g/mol. The number of imidazole rings is 1. The lowest BCUT2D eigenvalue weighted by atomic mass is 10.1. The second-order valence-corrected chi connectivity index (χ2v) is 8.89. The molecule has 146 valence electrons. The van der Waals surface area contributed by atoms with Gasteiger partial charge in [0.1, 0.15) is 11.9 Å². The second-order valence-electron chi connectivity index (χ2n) is 6.46. The highest BCUT2D eigenvalue weighted by molar-refractivity contribution is 7.89. The van der Waals surface area contributed by atoms with Crippen molar-refractivity contribution in [1.29, 1.82) is 0 Å². The molecule has 3 aromatic rings. The van der Waals surface area contributed by atoms with Gasteiger partial charge in [0.05, 0.1) is 4.90 Å². The molecule has 0 bridgehead atoms. The average molecular weight is 418 g/mol. The minimum Gasteiger partial charge on any atom is -0.336 e. The first kappa shape index (κ1) is 20.3. The molecule has 0 spiro atoms. The first-order chi connectivity index (χ1) is 13.2. The Bertz CT molecular complexity index is 1110. The predicted octanol–water partition coefficient (Wildman–Crippen LogP) is 3.69. The van der Waals surface area contributed by atoms with Crippen LogP contribution in [0.5, 0.6) is 0 Å². The first-order valence-electron chi connectivity index (χ1n) is 8.53. The van der Waals surface area contributed by atoms with E-state index in [1.54, 1.807) is 53.4 Å². The molecule has 1 aromatic heterocycles. The van der Waals surface area contributed by atoms with Crippen LogP contribution >= 0.6 is 11.6 Å². The lowest BCUT2D eigenvalue weighted by Crippen LogP contribution is -2.33. The monoisotopic (exact) mass is 417 g/mol. The maximum Gasteiger partial charge on any atom is 0.243 e. The molecule has 1 heterocycles. The van der Waals surface area contributed by atoms with Crippen molar-refractivity contribution in [3.63, 3.8) is 0 Å². The number of Topliss-reactive ketones (excluding diaryl/α,β-unsaturated/α-hetero) is 1. The second kappa shape index (κ2) is 7.87. The van der Waals surface area contributed by atoms with Gasteiger partial charge in [-0.25, -0.2) is 13.4 Å². The number of aromatic nitrogens is 2. The van der Waals surface area contributed by atoms with Crippen molar-refractivity contribution in [3.05, 3.63) is 82.9 Å². The summed E-state index contributed by atoms with van der Waals surface area (Å²) in [7, 11) is -0.589. The highest BCUT2D eigenvalue weighted by Crippen LogP contribution is 2.32. The minimum absolute atomic E-state index is 0.0517. The van der Waals surface area contributed by atoms with Gasteiger partial charge in [0.2, 0.25) is 10.0 Å². The first-order valence-corrected chi connectivity index (χ1v) is 10.4. The van der Waals surface area contributed by atoms with Gasteiger partial charge in [-0.3, -0.25) is 4.79 Å². The van der Waals surface area contributed by atoms with E-state index in [2.05, 4.69) is 4.98 Å². The number of sulfonamides is 1. The Morgan fingerprint density at radius 1 is 1.18 bits per heavy atom. The van der Waals surface area contributed by atoms with Crippen LogP contribution in [0.1, 0.15) is 34.7 Å². The highest BCUT2D eigenvalue weighted by atomic mass is 35.5. The predicted molar refractivity (Wildman–Crippen MR) is 108 cm³/mol. The summed E-state index contributed by atoms with van der Waals surface area (Å²) in [5, 5.41) is 0.557. The van der Waals surface area contributed by atoms with Gasteiger partial charge in [-0.15, -0.1) is 0 Å². The zero-order chi connectivity index (χ0) is 20.5. The van der Waals surface area contributed by atoms with Crippen LogP contribution in [0.4, 0.5) is 0 Å². The van der Waals surface area contributed by atoms with Crippen molar-refractivity contribution in [3.8, 4) is 0 Å². The summed E-state index contributed by atoms with van der Waals surface area (Å²) in [6.45, 7) is 1.40. The van der Waals surface area contributed by atoms with Crippen molar-refractivity contribution in [2.75, 3.05) is 7.05 Å². The number of ketones is 1.